The fourth-order valence-electron chi connectivity index (χ4n) is 1.79. The first-order chi connectivity index (χ1) is 9.32. The van der Waals surface area contributed by atoms with Crippen LogP contribution in [0, 0.1) is 11.7 Å². The lowest BCUT2D eigenvalue weighted by Crippen LogP contribution is -2.35. The van der Waals surface area contributed by atoms with E-state index >= 15 is 0 Å². The number of hydrogen-bond donors (Lipinski definition) is 1. The maximum absolute atomic E-state index is 13.6. The minimum absolute atomic E-state index is 0.0288. The number of halogens is 2. The smallest absolute Gasteiger partial charge is 0.226 e. The van der Waals surface area contributed by atoms with Crippen molar-refractivity contribution in [1.29, 1.82) is 0 Å². The molecule has 0 aliphatic heterocycles. The second-order valence-electron chi connectivity index (χ2n) is 5.39. The molecule has 0 bridgehead atoms. The highest BCUT2D eigenvalue weighted by Crippen LogP contribution is 2.20. The number of likely N-dealkylation sites (N-methyl/N-ethyl adjacent to an activating group) is 1. The van der Waals surface area contributed by atoms with Crippen LogP contribution in [0.4, 0.5) is 4.39 Å². The lowest BCUT2D eigenvalue weighted by Gasteiger charge is -2.22. The number of benzene rings is 1. The fourth-order valence-corrected chi connectivity index (χ4v) is 2.02. The Bertz CT molecular complexity index is 445. The van der Waals surface area contributed by atoms with Gasteiger partial charge in [0.2, 0.25) is 5.91 Å². The third-order valence-electron chi connectivity index (χ3n) is 3.47. The summed E-state index contributed by atoms with van der Waals surface area (Å²) < 4.78 is 13.6. The number of nitrogens with zero attached hydrogens (tertiary/aromatic N) is 1. The number of rotatable bonds is 6. The van der Waals surface area contributed by atoms with E-state index in [0.29, 0.717) is 12.5 Å². The van der Waals surface area contributed by atoms with E-state index in [1.807, 2.05) is 13.8 Å². The van der Waals surface area contributed by atoms with Gasteiger partial charge in [0.1, 0.15) is 5.82 Å². The van der Waals surface area contributed by atoms with Gasteiger partial charge in [0.25, 0.3) is 0 Å². The van der Waals surface area contributed by atoms with E-state index in [1.54, 1.807) is 18.0 Å². The Morgan fingerprint density at radius 1 is 1.45 bits per heavy atom. The molecule has 0 saturated heterocycles. The molecule has 5 heteroatoms. The lowest BCUT2D eigenvalue weighted by molar-refractivity contribution is -0.129. The van der Waals surface area contributed by atoms with Crippen LogP contribution in [0.25, 0.3) is 0 Å². The number of amides is 1. The van der Waals surface area contributed by atoms with Crippen LogP contribution in [-0.4, -0.2) is 30.4 Å². The van der Waals surface area contributed by atoms with Crippen molar-refractivity contribution in [2.24, 2.45) is 11.7 Å². The van der Waals surface area contributed by atoms with Gasteiger partial charge in [-0.1, -0.05) is 31.5 Å². The molecule has 0 aliphatic rings. The van der Waals surface area contributed by atoms with Crippen molar-refractivity contribution >= 4 is 17.5 Å². The standard InChI is InChI=1S/C15H22ClFN2O/c1-10(2)14(18)7-8-19(3)15(20)9-11-12(16)5-4-6-13(11)17/h4-6,10,14H,7-9,18H2,1-3H3. The first-order valence-electron chi connectivity index (χ1n) is 6.75. The topological polar surface area (TPSA) is 46.3 Å². The summed E-state index contributed by atoms with van der Waals surface area (Å²) in [6, 6.07) is 4.48. The van der Waals surface area contributed by atoms with Crippen LogP contribution in [0.1, 0.15) is 25.8 Å². The zero-order valence-electron chi connectivity index (χ0n) is 12.2. The van der Waals surface area contributed by atoms with Crippen LogP contribution in [0.2, 0.25) is 5.02 Å². The van der Waals surface area contributed by atoms with E-state index < -0.39 is 5.82 Å². The second kappa shape index (κ2) is 7.60. The monoisotopic (exact) mass is 300 g/mol. The summed E-state index contributed by atoms with van der Waals surface area (Å²) in [7, 11) is 1.70. The van der Waals surface area contributed by atoms with Crippen LogP contribution in [-0.2, 0) is 11.2 Å². The minimum Gasteiger partial charge on any atom is -0.345 e. The highest BCUT2D eigenvalue weighted by Gasteiger charge is 2.16. The van der Waals surface area contributed by atoms with E-state index in [4.69, 9.17) is 17.3 Å². The molecule has 1 atom stereocenters. The van der Waals surface area contributed by atoms with Crippen molar-refractivity contribution in [2.75, 3.05) is 13.6 Å². The van der Waals surface area contributed by atoms with Gasteiger partial charge in [0, 0.05) is 30.2 Å². The molecule has 0 radical (unpaired) electrons. The zero-order chi connectivity index (χ0) is 15.3. The quantitative estimate of drug-likeness (QED) is 0.878. The van der Waals surface area contributed by atoms with Gasteiger partial charge >= 0.3 is 0 Å². The zero-order valence-corrected chi connectivity index (χ0v) is 13.0. The third kappa shape index (κ3) is 4.76. The van der Waals surface area contributed by atoms with E-state index in [2.05, 4.69) is 0 Å². The molecule has 1 rings (SSSR count). The van der Waals surface area contributed by atoms with Crippen molar-refractivity contribution < 1.29 is 9.18 Å². The minimum atomic E-state index is -0.446. The molecule has 0 saturated carbocycles. The molecule has 3 nitrogen and oxygen atoms in total. The Kier molecular flexibility index (Phi) is 6.43. The largest absolute Gasteiger partial charge is 0.345 e. The Hall–Kier alpha value is -1.13. The fraction of sp³-hybridized carbons (Fsp3) is 0.533. The number of nitrogens with two attached hydrogens (primary N) is 1. The molecule has 2 N–H and O–H groups in total. The maximum atomic E-state index is 13.6. The Morgan fingerprint density at radius 2 is 2.10 bits per heavy atom. The van der Waals surface area contributed by atoms with Gasteiger partial charge in [-0.15, -0.1) is 0 Å². The molecule has 0 aliphatic carbocycles. The molecule has 1 aromatic carbocycles. The van der Waals surface area contributed by atoms with Gasteiger partial charge in [0.15, 0.2) is 0 Å². The van der Waals surface area contributed by atoms with Gasteiger partial charge < -0.3 is 10.6 Å². The Morgan fingerprint density at radius 3 is 2.65 bits per heavy atom. The molecule has 20 heavy (non-hydrogen) atoms. The number of carbonyl (C=O) groups is 1. The second-order valence-corrected chi connectivity index (χ2v) is 5.80. The van der Waals surface area contributed by atoms with E-state index in [1.165, 1.54) is 12.1 Å². The first kappa shape index (κ1) is 16.9. The van der Waals surface area contributed by atoms with E-state index in [9.17, 15) is 9.18 Å². The van der Waals surface area contributed by atoms with Gasteiger partial charge in [-0.05, 0) is 24.5 Å². The van der Waals surface area contributed by atoms with Crippen LogP contribution >= 0.6 is 11.6 Å². The van der Waals surface area contributed by atoms with Gasteiger partial charge in [-0.2, -0.15) is 0 Å². The van der Waals surface area contributed by atoms with Gasteiger partial charge in [-0.25, -0.2) is 4.39 Å². The summed E-state index contributed by atoms with van der Waals surface area (Å²) in [4.78, 5) is 13.6. The third-order valence-corrected chi connectivity index (χ3v) is 3.82. The van der Waals surface area contributed by atoms with Crippen molar-refractivity contribution in [1.82, 2.24) is 4.90 Å². The SMILES string of the molecule is CC(C)C(N)CCN(C)C(=O)Cc1c(F)cccc1Cl. The molecule has 1 amide bonds. The maximum Gasteiger partial charge on any atom is 0.226 e. The molecule has 112 valence electrons. The predicted octanol–water partition coefficient (Wildman–Crippen LogP) is 2.85. The predicted molar refractivity (Wildman–Crippen MR) is 80.2 cm³/mol. The van der Waals surface area contributed by atoms with Crippen molar-refractivity contribution in [3.63, 3.8) is 0 Å². The number of carbonyl (C=O) groups excluding carboxylic acids is 1. The van der Waals surface area contributed by atoms with Crippen LogP contribution in [0.15, 0.2) is 18.2 Å². The average molecular weight is 301 g/mol. The van der Waals surface area contributed by atoms with E-state index in [0.717, 1.165) is 6.42 Å². The highest BCUT2D eigenvalue weighted by molar-refractivity contribution is 6.31. The molecule has 1 unspecified atom stereocenters. The molecular formula is C15H22ClFN2O. The van der Waals surface area contributed by atoms with Crippen molar-refractivity contribution in [3.8, 4) is 0 Å². The Balaban J connectivity index is 2.58. The van der Waals surface area contributed by atoms with Gasteiger partial charge in [-0.3, -0.25) is 4.79 Å². The Labute approximate surface area is 124 Å². The van der Waals surface area contributed by atoms with Crippen LogP contribution in [0.3, 0.4) is 0 Å². The molecule has 0 aromatic heterocycles. The summed E-state index contributed by atoms with van der Waals surface area (Å²) in [5, 5.41) is 0.283. The summed E-state index contributed by atoms with van der Waals surface area (Å²) in [5.74, 6) is -0.231. The molecule has 0 spiro atoms. The normalized spacial score (nSPS) is 12.6. The summed E-state index contributed by atoms with van der Waals surface area (Å²) >= 11 is 5.92. The summed E-state index contributed by atoms with van der Waals surface area (Å²) in [6.07, 6.45) is 0.698. The first-order valence-corrected chi connectivity index (χ1v) is 7.13. The summed E-state index contributed by atoms with van der Waals surface area (Å²) in [5.41, 5.74) is 6.20. The van der Waals surface area contributed by atoms with Crippen LogP contribution < -0.4 is 5.73 Å². The average Bonchev–Trinajstić information content (AvgIpc) is 2.39. The lowest BCUT2D eigenvalue weighted by atomic mass is 10.0. The summed E-state index contributed by atoms with van der Waals surface area (Å²) in [6.45, 7) is 4.65. The molecule has 1 aromatic rings. The molecule has 0 fully saturated rings. The highest BCUT2D eigenvalue weighted by atomic mass is 35.5. The van der Waals surface area contributed by atoms with E-state index in [-0.39, 0.29) is 29.0 Å². The molecule has 0 heterocycles. The van der Waals surface area contributed by atoms with Gasteiger partial charge in [0.05, 0.1) is 6.42 Å². The molecular weight excluding hydrogens is 279 g/mol. The van der Waals surface area contributed by atoms with Crippen LogP contribution in [0.5, 0.6) is 0 Å². The number of hydrogen-bond acceptors (Lipinski definition) is 2. The van der Waals surface area contributed by atoms with Crippen molar-refractivity contribution in [2.45, 2.75) is 32.7 Å². The van der Waals surface area contributed by atoms with Crippen molar-refractivity contribution in [3.05, 3.63) is 34.6 Å².